The van der Waals surface area contributed by atoms with E-state index in [0.29, 0.717) is 28.2 Å². The van der Waals surface area contributed by atoms with E-state index < -0.39 is 0 Å². The summed E-state index contributed by atoms with van der Waals surface area (Å²) in [4.78, 5) is 18.8. The first-order valence-electron chi connectivity index (χ1n) is 6.46. The lowest BCUT2D eigenvalue weighted by Gasteiger charge is -2.02. The number of aromatic nitrogens is 4. The summed E-state index contributed by atoms with van der Waals surface area (Å²) >= 11 is 0. The van der Waals surface area contributed by atoms with Gasteiger partial charge < -0.3 is 4.98 Å². The number of nitrogens with one attached hydrogen (secondary N) is 2. The van der Waals surface area contributed by atoms with Crippen LogP contribution in [-0.2, 0) is 0 Å². The minimum absolute atomic E-state index is 0.253. The van der Waals surface area contributed by atoms with Crippen molar-refractivity contribution in [1.82, 2.24) is 20.2 Å². The summed E-state index contributed by atoms with van der Waals surface area (Å²) < 4.78 is 13.4. The Kier molecular flexibility index (Phi) is 2.26. The van der Waals surface area contributed by atoms with Crippen molar-refractivity contribution in [3.05, 3.63) is 46.3 Å². The van der Waals surface area contributed by atoms with Crippen LogP contribution in [0.3, 0.4) is 0 Å². The molecular weight excluding hydrogens is 259 g/mol. The van der Waals surface area contributed by atoms with Crippen LogP contribution in [0.25, 0.3) is 22.3 Å². The van der Waals surface area contributed by atoms with Crippen LogP contribution >= 0.6 is 0 Å². The summed E-state index contributed by atoms with van der Waals surface area (Å²) in [6, 6.07) is 5.65. The molecular formula is C14H11FN4O. The summed E-state index contributed by atoms with van der Waals surface area (Å²) in [6.07, 6.45) is 2.22. The quantitative estimate of drug-likeness (QED) is 0.750. The molecule has 0 bridgehead atoms. The molecule has 6 heteroatoms. The van der Waals surface area contributed by atoms with Gasteiger partial charge in [0.1, 0.15) is 11.6 Å². The van der Waals surface area contributed by atoms with Gasteiger partial charge in [-0.2, -0.15) is 5.10 Å². The zero-order valence-corrected chi connectivity index (χ0v) is 10.5. The Labute approximate surface area is 112 Å². The molecule has 0 radical (unpaired) electrons. The van der Waals surface area contributed by atoms with Crippen molar-refractivity contribution in [3.63, 3.8) is 0 Å². The van der Waals surface area contributed by atoms with E-state index in [1.807, 2.05) is 0 Å². The molecule has 0 unspecified atom stereocenters. The van der Waals surface area contributed by atoms with E-state index >= 15 is 0 Å². The Morgan fingerprint density at radius 3 is 2.90 bits per heavy atom. The summed E-state index contributed by atoms with van der Waals surface area (Å²) in [5.74, 6) is 1.36. The predicted molar refractivity (Wildman–Crippen MR) is 71.9 cm³/mol. The average molecular weight is 270 g/mol. The average Bonchev–Trinajstić information content (AvgIpc) is 3.16. The standard InChI is InChI=1S/C14H11FN4O/c15-8-3-4-11-9(5-8)10(6-12(20)16-11)14-17-13(18-19-14)7-1-2-7/h3-7H,1-2H2,(H,16,20)(H,17,18,19). The number of hydrogen-bond donors (Lipinski definition) is 2. The van der Waals surface area contributed by atoms with Gasteiger partial charge in [0.15, 0.2) is 5.82 Å². The number of hydrogen-bond acceptors (Lipinski definition) is 3. The highest BCUT2D eigenvalue weighted by Gasteiger charge is 2.27. The van der Waals surface area contributed by atoms with Crippen molar-refractivity contribution in [2.45, 2.75) is 18.8 Å². The zero-order valence-electron chi connectivity index (χ0n) is 10.5. The monoisotopic (exact) mass is 270 g/mol. The molecule has 100 valence electrons. The van der Waals surface area contributed by atoms with Gasteiger partial charge in [0.05, 0.1) is 0 Å². The third-order valence-corrected chi connectivity index (χ3v) is 3.51. The van der Waals surface area contributed by atoms with Crippen LogP contribution in [0, 0.1) is 5.82 Å². The molecule has 20 heavy (non-hydrogen) atoms. The molecule has 1 aliphatic rings. The maximum atomic E-state index is 13.4. The minimum atomic E-state index is -0.358. The van der Waals surface area contributed by atoms with Gasteiger partial charge >= 0.3 is 0 Å². The van der Waals surface area contributed by atoms with Crippen LogP contribution < -0.4 is 5.56 Å². The van der Waals surface area contributed by atoms with E-state index in [1.165, 1.54) is 18.2 Å². The van der Waals surface area contributed by atoms with E-state index in [0.717, 1.165) is 18.7 Å². The SMILES string of the molecule is O=c1cc(-c2n[nH]c(C3CC3)n2)c2cc(F)ccc2[nH]1. The molecule has 1 fully saturated rings. The highest BCUT2D eigenvalue weighted by atomic mass is 19.1. The van der Waals surface area contributed by atoms with Crippen LogP contribution in [-0.4, -0.2) is 20.2 Å². The highest BCUT2D eigenvalue weighted by molar-refractivity contribution is 5.92. The molecule has 0 saturated heterocycles. The topological polar surface area (TPSA) is 74.4 Å². The number of H-pyrrole nitrogens is 2. The van der Waals surface area contributed by atoms with Crippen molar-refractivity contribution >= 4 is 10.9 Å². The third-order valence-electron chi connectivity index (χ3n) is 3.51. The Morgan fingerprint density at radius 1 is 1.25 bits per heavy atom. The van der Waals surface area contributed by atoms with Crippen LogP contribution in [0.1, 0.15) is 24.6 Å². The Hall–Kier alpha value is -2.50. The molecule has 0 amide bonds. The minimum Gasteiger partial charge on any atom is -0.322 e. The van der Waals surface area contributed by atoms with Gasteiger partial charge in [0.2, 0.25) is 5.56 Å². The Bertz CT molecular complexity index is 863. The first kappa shape index (κ1) is 11.3. The van der Waals surface area contributed by atoms with Crippen molar-refractivity contribution in [2.75, 3.05) is 0 Å². The normalized spacial score (nSPS) is 14.8. The predicted octanol–water partition coefficient (Wildman–Crippen LogP) is 2.33. The van der Waals surface area contributed by atoms with E-state index in [9.17, 15) is 9.18 Å². The molecule has 2 aromatic heterocycles. The van der Waals surface area contributed by atoms with Crippen LogP contribution in [0.4, 0.5) is 4.39 Å². The molecule has 2 heterocycles. The molecule has 3 aromatic rings. The molecule has 1 aromatic carbocycles. The van der Waals surface area contributed by atoms with Crippen LogP contribution in [0.2, 0.25) is 0 Å². The van der Waals surface area contributed by atoms with Crippen LogP contribution in [0.15, 0.2) is 29.1 Å². The molecule has 1 saturated carbocycles. The first-order chi connectivity index (χ1) is 9.70. The Balaban J connectivity index is 1.96. The fourth-order valence-electron chi connectivity index (χ4n) is 2.35. The Morgan fingerprint density at radius 2 is 2.10 bits per heavy atom. The smallest absolute Gasteiger partial charge is 0.249 e. The first-order valence-corrected chi connectivity index (χ1v) is 6.46. The van der Waals surface area contributed by atoms with Crippen molar-refractivity contribution in [1.29, 1.82) is 0 Å². The molecule has 5 nitrogen and oxygen atoms in total. The highest BCUT2D eigenvalue weighted by Crippen LogP contribution is 2.38. The fraction of sp³-hybridized carbons (Fsp3) is 0.214. The lowest BCUT2D eigenvalue weighted by atomic mass is 10.1. The van der Waals surface area contributed by atoms with E-state index in [2.05, 4.69) is 20.2 Å². The molecule has 0 atom stereocenters. The largest absolute Gasteiger partial charge is 0.322 e. The number of pyridine rings is 1. The van der Waals surface area contributed by atoms with Gasteiger partial charge in [-0.05, 0) is 31.0 Å². The maximum absolute atomic E-state index is 13.4. The number of benzene rings is 1. The van der Waals surface area contributed by atoms with Gasteiger partial charge in [-0.3, -0.25) is 9.89 Å². The van der Waals surface area contributed by atoms with Crippen molar-refractivity contribution in [2.24, 2.45) is 0 Å². The zero-order chi connectivity index (χ0) is 13.7. The second-order valence-corrected chi connectivity index (χ2v) is 5.06. The van der Waals surface area contributed by atoms with Crippen molar-refractivity contribution in [3.8, 4) is 11.4 Å². The molecule has 0 aliphatic heterocycles. The molecule has 0 spiro atoms. The van der Waals surface area contributed by atoms with E-state index in [-0.39, 0.29) is 11.4 Å². The summed E-state index contributed by atoms with van der Waals surface area (Å²) in [5, 5.41) is 7.66. The number of aromatic amines is 2. The van der Waals surface area contributed by atoms with E-state index in [4.69, 9.17) is 0 Å². The number of fused-ring (bicyclic) bond motifs is 1. The lowest BCUT2D eigenvalue weighted by Crippen LogP contribution is -2.05. The summed E-state index contributed by atoms with van der Waals surface area (Å²) in [5.41, 5.74) is 0.870. The second kappa shape index (κ2) is 4.00. The summed E-state index contributed by atoms with van der Waals surface area (Å²) in [7, 11) is 0. The summed E-state index contributed by atoms with van der Waals surface area (Å²) in [6.45, 7) is 0. The third kappa shape index (κ3) is 1.80. The van der Waals surface area contributed by atoms with Crippen molar-refractivity contribution < 1.29 is 4.39 Å². The maximum Gasteiger partial charge on any atom is 0.249 e. The number of nitrogens with zero attached hydrogens (tertiary/aromatic N) is 2. The molecule has 2 N–H and O–H groups in total. The van der Waals surface area contributed by atoms with E-state index in [1.54, 1.807) is 6.07 Å². The van der Waals surface area contributed by atoms with Gasteiger partial charge in [-0.1, -0.05) is 0 Å². The second-order valence-electron chi connectivity index (χ2n) is 5.06. The van der Waals surface area contributed by atoms with Gasteiger partial charge in [0, 0.05) is 28.5 Å². The molecule has 4 rings (SSSR count). The van der Waals surface area contributed by atoms with Gasteiger partial charge in [-0.15, -0.1) is 0 Å². The van der Waals surface area contributed by atoms with Gasteiger partial charge in [-0.25, -0.2) is 9.37 Å². The fourth-order valence-corrected chi connectivity index (χ4v) is 2.35. The van der Waals surface area contributed by atoms with Crippen LogP contribution in [0.5, 0.6) is 0 Å². The van der Waals surface area contributed by atoms with Gasteiger partial charge in [0.25, 0.3) is 0 Å². The molecule has 1 aliphatic carbocycles. The number of halogens is 1. The number of rotatable bonds is 2. The lowest BCUT2D eigenvalue weighted by molar-refractivity contribution is 0.629.